The topological polar surface area (TPSA) is 0 Å². The molecule has 1 aliphatic carbocycles. The van der Waals surface area contributed by atoms with Crippen LogP contribution in [0.1, 0.15) is 89.2 Å². The van der Waals surface area contributed by atoms with Crippen LogP contribution >= 0.6 is 0 Å². The second-order valence-electron chi connectivity index (χ2n) is 8.83. The summed E-state index contributed by atoms with van der Waals surface area (Å²) < 4.78 is 0. The van der Waals surface area contributed by atoms with E-state index in [4.69, 9.17) is 0 Å². The number of benzene rings is 2. The molecule has 154 valence electrons. The molecule has 0 aromatic heterocycles. The Hall–Kier alpha value is -2.00. The highest BCUT2D eigenvalue weighted by molar-refractivity contribution is 5.64. The molecule has 0 N–H and O–H groups in total. The maximum absolute atomic E-state index is 3.53. The van der Waals surface area contributed by atoms with Gasteiger partial charge < -0.3 is 0 Å². The fourth-order valence-electron chi connectivity index (χ4n) is 4.44. The summed E-state index contributed by atoms with van der Waals surface area (Å²) in [6.45, 7) is 4.59. The molecule has 1 aliphatic rings. The first-order valence-corrected chi connectivity index (χ1v) is 12.0. The Morgan fingerprint density at radius 3 is 1.97 bits per heavy atom. The van der Waals surface area contributed by atoms with Crippen LogP contribution < -0.4 is 0 Å². The van der Waals surface area contributed by atoms with Crippen LogP contribution in [0.3, 0.4) is 0 Å². The molecule has 1 saturated carbocycles. The second-order valence-corrected chi connectivity index (χ2v) is 8.83. The molecule has 0 bridgehead atoms. The highest BCUT2D eigenvalue weighted by Crippen LogP contribution is 2.30. The molecule has 2 aromatic rings. The van der Waals surface area contributed by atoms with Crippen molar-refractivity contribution in [1.82, 2.24) is 0 Å². The fourth-order valence-corrected chi connectivity index (χ4v) is 4.44. The zero-order chi connectivity index (χ0) is 20.3. The van der Waals surface area contributed by atoms with Crippen molar-refractivity contribution in [2.45, 2.75) is 84.5 Å². The molecule has 0 saturated heterocycles. The minimum atomic E-state index is 0.604. The van der Waals surface area contributed by atoms with Gasteiger partial charge in [0.05, 0.1) is 0 Å². The minimum Gasteiger partial charge on any atom is -0.0945 e. The van der Waals surface area contributed by atoms with E-state index in [0.717, 1.165) is 11.5 Å². The van der Waals surface area contributed by atoms with E-state index in [2.05, 4.69) is 74.2 Å². The molecule has 0 radical (unpaired) electrons. The zero-order valence-electron chi connectivity index (χ0n) is 18.6. The van der Waals surface area contributed by atoms with Crippen LogP contribution in [0.25, 0.3) is 11.1 Å². The van der Waals surface area contributed by atoms with Gasteiger partial charge in [0.25, 0.3) is 0 Å². The Morgan fingerprint density at radius 1 is 0.724 bits per heavy atom. The highest BCUT2D eigenvalue weighted by Gasteiger charge is 2.17. The first-order chi connectivity index (χ1) is 14.3. The van der Waals surface area contributed by atoms with E-state index in [0.29, 0.717) is 5.92 Å². The Balaban J connectivity index is 1.50. The van der Waals surface area contributed by atoms with Gasteiger partial charge in [-0.1, -0.05) is 94.2 Å². The Morgan fingerprint density at radius 2 is 1.34 bits per heavy atom. The van der Waals surface area contributed by atoms with Gasteiger partial charge in [0.15, 0.2) is 0 Å². The maximum Gasteiger partial charge on any atom is 0.0245 e. The van der Waals surface area contributed by atoms with Crippen molar-refractivity contribution in [2.75, 3.05) is 0 Å². The summed E-state index contributed by atoms with van der Waals surface area (Å²) in [7, 11) is 0. The Kier molecular flexibility index (Phi) is 8.88. The number of rotatable bonds is 8. The molecule has 0 amide bonds. The molecule has 1 fully saturated rings. The molecule has 29 heavy (non-hydrogen) atoms. The summed E-state index contributed by atoms with van der Waals surface area (Å²) in [5.41, 5.74) is 5.20. The number of hydrogen-bond acceptors (Lipinski definition) is 0. The van der Waals surface area contributed by atoms with Crippen molar-refractivity contribution in [3.8, 4) is 23.0 Å². The predicted molar refractivity (Wildman–Crippen MR) is 127 cm³/mol. The van der Waals surface area contributed by atoms with Crippen LogP contribution in [0.15, 0.2) is 48.5 Å². The molecular formula is C29H38. The van der Waals surface area contributed by atoms with Crippen LogP contribution in [0.2, 0.25) is 0 Å². The van der Waals surface area contributed by atoms with Crippen LogP contribution in [-0.2, 0) is 6.42 Å². The summed E-state index contributed by atoms with van der Waals surface area (Å²) in [5, 5.41) is 0. The van der Waals surface area contributed by atoms with Gasteiger partial charge in [0.2, 0.25) is 0 Å². The molecule has 0 aliphatic heterocycles. The first-order valence-electron chi connectivity index (χ1n) is 12.0. The van der Waals surface area contributed by atoms with Gasteiger partial charge in [-0.3, -0.25) is 0 Å². The maximum atomic E-state index is 3.53. The zero-order valence-corrected chi connectivity index (χ0v) is 18.6. The largest absolute Gasteiger partial charge is 0.0945 e. The van der Waals surface area contributed by atoms with Crippen molar-refractivity contribution in [1.29, 1.82) is 0 Å². The molecule has 3 rings (SSSR count). The summed E-state index contributed by atoms with van der Waals surface area (Å²) in [4.78, 5) is 0. The number of hydrogen-bond donors (Lipinski definition) is 0. The third-order valence-electron chi connectivity index (χ3n) is 6.59. The highest BCUT2D eigenvalue weighted by atomic mass is 14.2. The lowest BCUT2D eigenvalue weighted by molar-refractivity contribution is 0.309. The fraction of sp³-hybridized carbons (Fsp3) is 0.517. The average molecular weight is 387 g/mol. The summed E-state index contributed by atoms with van der Waals surface area (Å²) in [6, 6.07) is 18.0. The van der Waals surface area contributed by atoms with Gasteiger partial charge in [0, 0.05) is 11.5 Å². The monoisotopic (exact) mass is 386 g/mol. The van der Waals surface area contributed by atoms with E-state index in [1.807, 2.05) is 0 Å². The third-order valence-corrected chi connectivity index (χ3v) is 6.59. The van der Waals surface area contributed by atoms with Crippen molar-refractivity contribution in [3.05, 3.63) is 59.7 Å². The van der Waals surface area contributed by atoms with E-state index < -0.39 is 0 Å². The van der Waals surface area contributed by atoms with Crippen LogP contribution in [0.4, 0.5) is 0 Å². The number of aryl methyl sites for hydroxylation is 1. The SMILES string of the molecule is CCCCCCCc1ccc(-c2ccc(C#CC3CCC(CC)CC3)cc2)cc1. The molecule has 0 spiro atoms. The summed E-state index contributed by atoms with van der Waals surface area (Å²) in [6.07, 6.45) is 14.6. The second kappa shape index (κ2) is 11.9. The molecule has 0 heteroatoms. The lowest BCUT2D eigenvalue weighted by Gasteiger charge is -2.24. The van der Waals surface area contributed by atoms with Crippen molar-refractivity contribution >= 4 is 0 Å². The average Bonchev–Trinajstić information content (AvgIpc) is 2.79. The molecule has 0 nitrogen and oxygen atoms in total. The van der Waals surface area contributed by atoms with Gasteiger partial charge in [-0.2, -0.15) is 0 Å². The van der Waals surface area contributed by atoms with E-state index in [1.54, 1.807) is 0 Å². The van der Waals surface area contributed by atoms with Gasteiger partial charge in [-0.25, -0.2) is 0 Å². The van der Waals surface area contributed by atoms with E-state index in [-0.39, 0.29) is 0 Å². The van der Waals surface area contributed by atoms with Gasteiger partial charge in [-0.05, 0) is 73.3 Å². The van der Waals surface area contributed by atoms with E-state index >= 15 is 0 Å². The number of unbranched alkanes of at least 4 members (excludes halogenated alkanes) is 4. The predicted octanol–water partition coefficient (Wildman–Crippen LogP) is 8.43. The molecule has 2 aromatic carbocycles. The quantitative estimate of drug-likeness (QED) is 0.315. The molecule has 0 atom stereocenters. The Labute approximate surface area is 179 Å². The van der Waals surface area contributed by atoms with E-state index in [1.165, 1.54) is 87.3 Å². The van der Waals surface area contributed by atoms with Crippen LogP contribution in [0, 0.1) is 23.7 Å². The van der Waals surface area contributed by atoms with Crippen molar-refractivity contribution in [3.63, 3.8) is 0 Å². The third kappa shape index (κ3) is 7.08. The molecular weight excluding hydrogens is 348 g/mol. The van der Waals surface area contributed by atoms with Crippen molar-refractivity contribution < 1.29 is 0 Å². The van der Waals surface area contributed by atoms with Gasteiger partial charge in [0.1, 0.15) is 0 Å². The normalized spacial score (nSPS) is 18.8. The Bertz CT molecular complexity index is 762. The standard InChI is InChI=1S/C29H38/c1-3-5-6-7-8-9-25-16-20-28(21-17-25)29-22-18-27(19-23-29)15-14-26-12-10-24(4-2)11-13-26/h16-24,26H,3-13H2,1-2H3. The van der Waals surface area contributed by atoms with E-state index in [9.17, 15) is 0 Å². The van der Waals surface area contributed by atoms with Gasteiger partial charge in [-0.15, -0.1) is 0 Å². The lowest BCUT2D eigenvalue weighted by atomic mass is 9.81. The summed E-state index contributed by atoms with van der Waals surface area (Å²) >= 11 is 0. The van der Waals surface area contributed by atoms with Gasteiger partial charge >= 0.3 is 0 Å². The lowest BCUT2D eigenvalue weighted by Crippen LogP contribution is -2.12. The van der Waals surface area contributed by atoms with Crippen LogP contribution in [0.5, 0.6) is 0 Å². The van der Waals surface area contributed by atoms with Crippen molar-refractivity contribution in [2.24, 2.45) is 11.8 Å². The van der Waals surface area contributed by atoms with Crippen LogP contribution in [-0.4, -0.2) is 0 Å². The molecule has 0 unspecified atom stereocenters. The molecule has 0 heterocycles. The summed E-state index contributed by atoms with van der Waals surface area (Å²) in [5.74, 6) is 8.50. The first kappa shape index (κ1) is 21.7. The smallest absolute Gasteiger partial charge is 0.0245 e. The minimum absolute atomic E-state index is 0.604.